The van der Waals surface area contributed by atoms with Crippen molar-refractivity contribution in [1.82, 2.24) is 13.7 Å². The van der Waals surface area contributed by atoms with E-state index in [1.807, 2.05) is 25.1 Å². The van der Waals surface area contributed by atoms with Gasteiger partial charge in [-0.15, -0.1) is 0 Å². The number of nitrogens with zero attached hydrogens (tertiary/aromatic N) is 4. The molecule has 0 bridgehead atoms. The number of aryl methyl sites for hydroxylation is 2. The van der Waals surface area contributed by atoms with Crippen molar-refractivity contribution in [3.8, 4) is 5.75 Å². The molecule has 0 N–H and O–H groups in total. The molecule has 2 aromatic heterocycles. The number of hydrogen-bond acceptors (Lipinski definition) is 7. The number of hydrogen-bond donors (Lipinski definition) is 0. The minimum Gasteiger partial charge on any atom is -0.496 e. The highest BCUT2D eigenvalue weighted by molar-refractivity contribution is 7.07. The summed E-state index contributed by atoms with van der Waals surface area (Å²) in [6.45, 7) is 3.92. The quantitative estimate of drug-likeness (QED) is 0.312. The number of fused-ring (bicyclic) bond motifs is 2. The average molecular weight is 581 g/mol. The number of imidazole rings is 1. The highest BCUT2D eigenvalue weighted by Gasteiger charge is 2.36. The number of allylic oxidation sites excluding steroid dienone is 1. The van der Waals surface area contributed by atoms with Crippen molar-refractivity contribution in [2.75, 3.05) is 13.7 Å². The molecule has 40 heavy (non-hydrogen) atoms. The third-order valence-electron chi connectivity index (χ3n) is 6.97. The Morgan fingerprint density at radius 1 is 1.10 bits per heavy atom. The number of benzene rings is 2. The predicted molar refractivity (Wildman–Crippen MR) is 156 cm³/mol. The van der Waals surface area contributed by atoms with Gasteiger partial charge in [0.25, 0.3) is 5.56 Å². The van der Waals surface area contributed by atoms with E-state index in [1.165, 1.54) is 23.0 Å². The van der Waals surface area contributed by atoms with E-state index in [4.69, 9.17) is 26.1 Å². The molecule has 0 saturated heterocycles. The Morgan fingerprint density at radius 3 is 2.55 bits per heavy atom. The molecule has 1 aliphatic rings. The Morgan fingerprint density at radius 2 is 1.85 bits per heavy atom. The maximum atomic E-state index is 14.0. The molecule has 0 radical (unpaired) electrons. The zero-order chi connectivity index (χ0) is 28.7. The lowest BCUT2D eigenvalue weighted by Crippen LogP contribution is -2.40. The van der Waals surface area contributed by atoms with Crippen molar-refractivity contribution in [1.29, 1.82) is 0 Å². The fraction of sp³-hybridized carbons (Fsp3) is 0.310. The first-order valence-electron chi connectivity index (χ1n) is 12.9. The van der Waals surface area contributed by atoms with Gasteiger partial charge >= 0.3 is 11.7 Å². The number of aromatic nitrogens is 3. The van der Waals surface area contributed by atoms with Crippen LogP contribution in [0.1, 0.15) is 43.9 Å². The fourth-order valence-electron chi connectivity index (χ4n) is 5.10. The van der Waals surface area contributed by atoms with E-state index in [2.05, 4.69) is 0 Å². The van der Waals surface area contributed by atoms with Crippen molar-refractivity contribution in [2.24, 2.45) is 19.1 Å². The van der Waals surface area contributed by atoms with Crippen molar-refractivity contribution in [3.63, 3.8) is 0 Å². The van der Waals surface area contributed by atoms with E-state index in [9.17, 15) is 14.4 Å². The Bertz CT molecular complexity index is 1930. The van der Waals surface area contributed by atoms with Crippen LogP contribution in [0.25, 0.3) is 17.1 Å². The Labute approximate surface area is 238 Å². The van der Waals surface area contributed by atoms with Gasteiger partial charge in [-0.2, -0.15) is 0 Å². The van der Waals surface area contributed by atoms with Crippen molar-refractivity contribution in [2.45, 2.75) is 32.7 Å². The first kappa shape index (κ1) is 27.7. The summed E-state index contributed by atoms with van der Waals surface area (Å²) >= 11 is 7.65. The normalized spacial score (nSPS) is 15.3. The Hall–Kier alpha value is -3.89. The molecule has 1 atom stereocenters. The van der Waals surface area contributed by atoms with Crippen LogP contribution in [-0.2, 0) is 23.6 Å². The summed E-state index contributed by atoms with van der Waals surface area (Å²) in [4.78, 5) is 45.1. The standard InChI is InChI=1S/C29H29ClN4O5S/c1-6-8-19-24(27(36)39-7-2)25(18-15-17(30)10-12-22(18)38-5)34-26(35)23(40-28(34)31-19)14-16-9-11-20-21(13-16)33(4)29(37)32(20)3/h9-15,25H,6-8H2,1-5H3/b23-14+/t25-/m1/s1. The monoisotopic (exact) mass is 580 g/mol. The van der Waals surface area contributed by atoms with Gasteiger partial charge in [0.15, 0.2) is 4.80 Å². The summed E-state index contributed by atoms with van der Waals surface area (Å²) in [6.07, 6.45) is 3.05. The van der Waals surface area contributed by atoms with Gasteiger partial charge in [-0.25, -0.2) is 14.6 Å². The summed E-state index contributed by atoms with van der Waals surface area (Å²) in [5.41, 5.74) is 3.30. The summed E-state index contributed by atoms with van der Waals surface area (Å²) in [5.74, 6) is -0.0505. The van der Waals surface area contributed by atoms with Crippen LogP contribution in [0.4, 0.5) is 0 Å². The summed E-state index contributed by atoms with van der Waals surface area (Å²) in [5, 5.41) is 0.442. The summed E-state index contributed by atoms with van der Waals surface area (Å²) in [7, 11) is 4.97. The van der Waals surface area contributed by atoms with Crippen LogP contribution in [0, 0.1) is 0 Å². The maximum absolute atomic E-state index is 14.0. The zero-order valence-electron chi connectivity index (χ0n) is 22.9. The highest BCUT2D eigenvalue weighted by Crippen LogP contribution is 2.38. The maximum Gasteiger partial charge on any atom is 0.338 e. The molecule has 5 rings (SSSR count). The van der Waals surface area contributed by atoms with Gasteiger partial charge in [0.1, 0.15) is 11.8 Å². The van der Waals surface area contributed by atoms with Crippen molar-refractivity contribution < 1.29 is 14.3 Å². The number of thiazole rings is 1. The number of esters is 1. The lowest BCUT2D eigenvalue weighted by atomic mass is 9.93. The van der Waals surface area contributed by atoms with E-state index < -0.39 is 12.0 Å². The van der Waals surface area contributed by atoms with Crippen LogP contribution in [0.3, 0.4) is 0 Å². The molecule has 0 fully saturated rings. The second-order valence-corrected chi connectivity index (χ2v) is 10.9. The highest BCUT2D eigenvalue weighted by atomic mass is 35.5. The molecule has 3 heterocycles. The van der Waals surface area contributed by atoms with E-state index in [1.54, 1.807) is 54.4 Å². The van der Waals surface area contributed by atoms with E-state index >= 15 is 0 Å². The number of halogens is 1. The van der Waals surface area contributed by atoms with Crippen LogP contribution in [0.15, 0.2) is 62.2 Å². The zero-order valence-corrected chi connectivity index (χ0v) is 24.4. The lowest BCUT2D eigenvalue weighted by molar-refractivity contribution is -0.139. The van der Waals surface area contributed by atoms with Crippen LogP contribution in [-0.4, -0.2) is 33.4 Å². The molecule has 0 amide bonds. The van der Waals surface area contributed by atoms with Crippen molar-refractivity contribution >= 4 is 46.0 Å². The molecular weight excluding hydrogens is 552 g/mol. The average Bonchev–Trinajstić information content (AvgIpc) is 3.35. The SMILES string of the molecule is CCCC1=C(C(=O)OCC)[C@@H](c2cc(Cl)ccc2OC)n2c(s/c(=C/c3ccc4c(c3)n(C)c(=O)n4C)c2=O)=N1. The number of rotatable bonds is 7. The van der Waals surface area contributed by atoms with Gasteiger partial charge in [0.2, 0.25) is 0 Å². The molecule has 0 unspecified atom stereocenters. The summed E-state index contributed by atoms with van der Waals surface area (Å²) in [6, 6.07) is 9.88. The molecule has 11 heteroatoms. The molecule has 0 saturated carbocycles. The topological polar surface area (TPSA) is 96.8 Å². The smallest absolute Gasteiger partial charge is 0.338 e. The van der Waals surface area contributed by atoms with Crippen LogP contribution < -0.4 is 25.3 Å². The van der Waals surface area contributed by atoms with Gasteiger partial charge in [-0.3, -0.25) is 18.5 Å². The minimum atomic E-state index is -0.843. The minimum absolute atomic E-state index is 0.128. The molecule has 4 aromatic rings. The first-order valence-corrected chi connectivity index (χ1v) is 14.1. The van der Waals surface area contributed by atoms with Crippen LogP contribution in [0.2, 0.25) is 5.02 Å². The fourth-order valence-corrected chi connectivity index (χ4v) is 6.30. The number of carbonyl (C=O) groups is 1. The number of carbonyl (C=O) groups excluding carboxylic acids is 1. The first-order chi connectivity index (χ1) is 19.2. The summed E-state index contributed by atoms with van der Waals surface area (Å²) < 4.78 is 16.2. The molecule has 1 aliphatic heterocycles. The van der Waals surface area contributed by atoms with Gasteiger partial charge < -0.3 is 9.47 Å². The van der Waals surface area contributed by atoms with Gasteiger partial charge in [-0.05, 0) is 55.3 Å². The number of methoxy groups -OCH3 is 1. The van der Waals surface area contributed by atoms with Gasteiger partial charge in [0.05, 0.1) is 40.6 Å². The van der Waals surface area contributed by atoms with Gasteiger partial charge in [0, 0.05) is 24.7 Å². The second-order valence-electron chi connectivity index (χ2n) is 9.45. The largest absolute Gasteiger partial charge is 0.496 e. The molecule has 2 aromatic carbocycles. The van der Waals surface area contributed by atoms with Gasteiger partial charge in [-0.1, -0.05) is 42.3 Å². The second kappa shape index (κ2) is 10.9. The van der Waals surface area contributed by atoms with Crippen LogP contribution in [0.5, 0.6) is 5.75 Å². The van der Waals surface area contributed by atoms with E-state index in [0.717, 1.165) is 23.0 Å². The Kier molecular flexibility index (Phi) is 7.57. The van der Waals surface area contributed by atoms with E-state index in [0.29, 0.717) is 43.4 Å². The molecule has 0 aliphatic carbocycles. The van der Waals surface area contributed by atoms with Crippen molar-refractivity contribution in [3.05, 3.63) is 94.0 Å². The van der Waals surface area contributed by atoms with E-state index in [-0.39, 0.29) is 17.9 Å². The number of ether oxygens (including phenoxy) is 2. The molecule has 208 valence electrons. The predicted octanol–water partition coefficient (Wildman–Crippen LogP) is 3.43. The molecule has 9 nitrogen and oxygen atoms in total. The third kappa shape index (κ3) is 4.61. The Balaban J connectivity index is 1.79. The third-order valence-corrected chi connectivity index (χ3v) is 8.19. The van der Waals surface area contributed by atoms with Crippen LogP contribution >= 0.6 is 22.9 Å². The molecule has 0 spiro atoms. The lowest BCUT2D eigenvalue weighted by Gasteiger charge is -2.27. The molecular formula is C29H29ClN4O5S.